The van der Waals surface area contributed by atoms with Gasteiger partial charge >= 0.3 is 0 Å². The topological polar surface area (TPSA) is 20.3 Å². The molecule has 2 nitrogen and oxygen atoms in total. The van der Waals surface area contributed by atoms with Crippen molar-refractivity contribution in [3.8, 4) is 0 Å². The standard InChI is InChI=1S/C11H13BrFNO/c1-4-14(3)11(15)10-7(2)8(12)5-6-9(10)13/h5-6H,4H2,1-3H3. The zero-order valence-corrected chi connectivity index (χ0v) is 10.6. The average Bonchev–Trinajstić information content (AvgIpc) is 2.22. The second-order valence-corrected chi connectivity index (χ2v) is 4.20. The van der Waals surface area contributed by atoms with E-state index < -0.39 is 5.82 Å². The van der Waals surface area contributed by atoms with Crippen LogP contribution in [0.1, 0.15) is 22.8 Å². The number of nitrogens with zero attached hydrogens (tertiary/aromatic N) is 1. The summed E-state index contributed by atoms with van der Waals surface area (Å²) in [5.74, 6) is -0.755. The second kappa shape index (κ2) is 4.75. The smallest absolute Gasteiger partial charge is 0.256 e. The third-order valence-electron chi connectivity index (χ3n) is 2.38. The maximum atomic E-state index is 13.5. The SMILES string of the molecule is CCN(C)C(=O)c1c(F)ccc(Br)c1C. The predicted octanol–water partition coefficient (Wildman–Crippen LogP) is 2.99. The minimum absolute atomic E-state index is 0.147. The molecule has 1 aromatic rings. The lowest BCUT2D eigenvalue weighted by Gasteiger charge is -2.17. The summed E-state index contributed by atoms with van der Waals surface area (Å²) in [4.78, 5) is 13.3. The fourth-order valence-electron chi connectivity index (χ4n) is 1.25. The van der Waals surface area contributed by atoms with E-state index in [1.807, 2.05) is 6.92 Å². The molecule has 4 heteroatoms. The van der Waals surface area contributed by atoms with Crippen LogP contribution in [0.15, 0.2) is 16.6 Å². The van der Waals surface area contributed by atoms with Crippen LogP contribution in [0.3, 0.4) is 0 Å². The van der Waals surface area contributed by atoms with Crippen LogP contribution in [-0.4, -0.2) is 24.4 Å². The Balaban J connectivity index is 3.24. The van der Waals surface area contributed by atoms with Gasteiger partial charge in [-0.05, 0) is 31.5 Å². The van der Waals surface area contributed by atoms with Crippen molar-refractivity contribution in [1.82, 2.24) is 4.90 Å². The first-order valence-electron chi connectivity index (χ1n) is 4.69. The quantitative estimate of drug-likeness (QED) is 0.811. The van der Waals surface area contributed by atoms with Crippen molar-refractivity contribution >= 4 is 21.8 Å². The Hall–Kier alpha value is -0.900. The molecule has 0 unspecified atom stereocenters. The monoisotopic (exact) mass is 273 g/mol. The van der Waals surface area contributed by atoms with Crippen LogP contribution in [0.4, 0.5) is 4.39 Å². The van der Waals surface area contributed by atoms with Gasteiger partial charge in [-0.1, -0.05) is 15.9 Å². The summed E-state index contributed by atoms with van der Waals surface area (Å²) in [7, 11) is 1.65. The van der Waals surface area contributed by atoms with E-state index in [0.29, 0.717) is 12.1 Å². The number of hydrogen-bond acceptors (Lipinski definition) is 1. The zero-order chi connectivity index (χ0) is 11.6. The summed E-state index contributed by atoms with van der Waals surface area (Å²) < 4.78 is 14.3. The van der Waals surface area contributed by atoms with Gasteiger partial charge in [-0.3, -0.25) is 4.79 Å². The first-order valence-corrected chi connectivity index (χ1v) is 5.48. The highest BCUT2D eigenvalue weighted by Gasteiger charge is 2.18. The molecule has 0 bridgehead atoms. The second-order valence-electron chi connectivity index (χ2n) is 3.35. The minimum atomic E-state index is -0.471. The van der Waals surface area contributed by atoms with E-state index in [9.17, 15) is 9.18 Å². The molecule has 82 valence electrons. The summed E-state index contributed by atoms with van der Waals surface area (Å²) in [6.07, 6.45) is 0. The van der Waals surface area contributed by atoms with Gasteiger partial charge in [-0.2, -0.15) is 0 Å². The molecule has 0 aliphatic rings. The molecule has 0 heterocycles. The van der Waals surface area contributed by atoms with Crippen molar-refractivity contribution in [3.63, 3.8) is 0 Å². The van der Waals surface area contributed by atoms with E-state index >= 15 is 0 Å². The predicted molar refractivity (Wildman–Crippen MR) is 61.5 cm³/mol. The van der Waals surface area contributed by atoms with Crippen LogP contribution < -0.4 is 0 Å². The van der Waals surface area contributed by atoms with Gasteiger partial charge in [-0.15, -0.1) is 0 Å². The lowest BCUT2D eigenvalue weighted by atomic mass is 10.1. The number of hydrogen-bond donors (Lipinski definition) is 0. The highest BCUT2D eigenvalue weighted by Crippen LogP contribution is 2.23. The molecule has 0 saturated heterocycles. The van der Waals surface area contributed by atoms with Crippen LogP contribution in [0.25, 0.3) is 0 Å². The normalized spacial score (nSPS) is 10.2. The number of amides is 1. The maximum absolute atomic E-state index is 13.5. The van der Waals surface area contributed by atoms with E-state index in [4.69, 9.17) is 0 Å². The van der Waals surface area contributed by atoms with Crippen molar-refractivity contribution < 1.29 is 9.18 Å². The summed E-state index contributed by atoms with van der Waals surface area (Å²) >= 11 is 3.28. The van der Waals surface area contributed by atoms with E-state index in [2.05, 4.69) is 15.9 Å². The number of halogens is 2. The van der Waals surface area contributed by atoms with Crippen LogP contribution >= 0.6 is 15.9 Å². The zero-order valence-electron chi connectivity index (χ0n) is 8.97. The Morgan fingerprint density at radius 3 is 2.67 bits per heavy atom. The molecule has 0 aliphatic carbocycles. The molecule has 1 rings (SSSR count). The van der Waals surface area contributed by atoms with Crippen LogP contribution in [0, 0.1) is 12.7 Å². The van der Waals surface area contributed by atoms with Crippen LogP contribution in [0.2, 0.25) is 0 Å². The molecule has 1 aromatic carbocycles. The maximum Gasteiger partial charge on any atom is 0.256 e. The molecular formula is C11H13BrFNO. The highest BCUT2D eigenvalue weighted by molar-refractivity contribution is 9.10. The molecule has 0 aromatic heterocycles. The van der Waals surface area contributed by atoms with E-state index in [1.54, 1.807) is 20.0 Å². The minimum Gasteiger partial charge on any atom is -0.342 e. The third-order valence-corrected chi connectivity index (χ3v) is 3.24. The van der Waals surface area contributed by atoms with Gasteiger partial charge in [0.25, 0.3) is 5.91 Å². The molecule has 0 N–H and O–H groups in total. The Labute approximate surface area is 97.2 Å². The van der Waals surface area contributed by atoms with E-state index in [0.717, 1.165) is 4.47 Å². The molecule has 0 fully saturated rings. The molecule has 0 spiro atoms. The van der Waals surface area contributed by atoms with Gasteiger partial charge < -0.3 is 4.90 Å². The Morgan fingerprint density at radius 1 is 1.53 bits per heavy atom. The lowest BCUT2D eigenvalue weighted by molar-refractivity contribution is 0.0797. The van der Waals surface area contributed by atoms with Crippen molar-refractivity contribution in [2.24, 2.45) is 0 Å². The molecule has 15 heavy (non-hydrogen) atoms. The van der Waals surface area contributed by atoms with Gasteiger partial charge in [0.1, 0.15) is 5.82 Å². The number of carbonyl (C=O) groups excluding carboxylic acids is 1. The molecule has 1 amide bonds. The van der Waals surface area contributed by atoms with E-state index in [1.165, 1.54) is 11.0 Å². The summed E-state index contributed by atoms with van der Waals surface area (Å²) in [5.41, 5.74) is 0.786. The highest BCUT2D eigenvalue weighted by atomic mass is 79.9. The first-order chi connectivity index (χ1) is 6.99. The van der Waals surface area contributed by atoms with Crippen LogP contribution in [0.5, 0.6) is 0 Å². The van der Waals surface area contributed by atoms with Crippen molar-refractivity contribution in [3.05, 3.63) is 33.5 Å². The Bertz CT molecular complexity index is 392. The fraction of sp³-hybridized carbons (Fsp3) is 0.364. The molecule has 0 radical (unpaired) electrons. The van der Waals surface area contributed by atoms with Gasteiger partial charge in [0.15, 0.2) is 0 Å². The van der Waals surface area contributed by atoms with Gasteiger partial charge in [-0.25, -0.2) is 4.39 Å². The van der Waals surface area contributed by atoms with Crippen molar-refractivity contribution in [1.29, 1.82) is 0 Å². The number of rotatable bonds is 2. The average molecular weight is 274 g/mol. The van der Waals surface area contributed by atoms with Crippen molar-refractivity contribution in [2.75, 3.05) is 13.6 Å². The molecular weight excluding hydrogens is 261 g/mol. The molecule has 0 atom stereocenters. The van der Waals surface area contributed by atoms with Gasteiger partial charge in [0.2, 0.25) is 0 Å². The molecule has 0 aliphatic heterocycles. The molecule has 0 saturated carbocycles. The first kappa shape index (κ1) is 12.2. The van der Waals surface area contributed by atoms with Crippen molar-refractivity contribution in [2.45, 2.75) is 13.8 Å². The van der Waals surface area contributed by atoms with Gasteiger partial charge in [0.05, 0.1) is 5.56 Å². The fourth-order valence-corrected chi connectivity index (χ4v) is 1.58. The Morgan fingerprint density at radius 2 is 2.13 bits per heavy atom. The number of benzene rings is 1. The van der Waals surface area contributed by atoms with Crippen LogP contribution in [-0.2, 0) is 0 Å². The summed E-state index contributed by atoms with van der Waals surface area (Å²) in [5, 5.41) is 0. The van der Waals surface area contributed by atoms with Gasteiger partial charge in [0, 0.05) is 18.1 Å². The summed E-state index contributed by atoms with van der Waals surface area (Å²) in [6.45, 7) is 4.14. The van der Waals surface area contributed by atoms with E-state index in [-0.39, 0.29) is 11.5 Å². The number of carbonyl (C=O) groups is 1. The summed E-state index contributed by atoms with van der Waals surface area (Å²) in [6, 6.07) is 2.90. The Kier molecular flexibility index (Phi) is 3.85. The third kappa shape index (κ3) is 2.37. The lowest BCUT2D eigenvalue weighted by Crippen LogP contribution is -2.27. The largest absolute Gasteiger partial charge is 0.342 e.